The zero-order valence-corrected chi connectivity index (χ0v) is 10.7. The number of carbonyl (C=O) groups excluding carboxylic acids is 1. The Labute approximate surface area is 106 Å². The summed E-state index contributed by atoms with van der Waals surface area (Å²) in [6.07, 6.45) is 0.426. The Kier molecular flexibility index (Phi) is 3.46. The first kappa shape index (κ1) is 12.4. The van der Waals surface area contributed by atoms with E-state index in [1.807, 2.05) is 31.2 Å². The van der Waals surface area contributed by atoms with E-state index < -0.39 is 0 Å². The van der Waals surface area contributed by atoms with Crippen LogP contribution in [0.1, 0.15) is 29.6 Å². The number of carbonyl (C=O) groups is 1. The van der Waals surface area contributed by atoms with Crippen molar-refractivity contribution in [3.05, 3.63) is 35.7 Å². The maximum atomic E-state index is 11.6. The molecule has 0 bridgehead atoms. The van der Waals surface area contributed by atoms with Gasteiger partial charge in [0.25, 0.3) is 0 Å². The van der Waals surface area contributed by atoms with E-state index in [2.05, 4.69) is 4.98 Å². The zero-order chi connectivity index (χ0) is 13.1. The van der Waals surface area contributed by atoms with Gasteiger partial charge in [-0.1, -0.05) is 6.92 Å². The fourth-order valence-electron chi connectivity index (χ4n) is 1.68. The van der Waals surface area contributed by atoms with Crippen LogP contribution in [-0.4, -0.2) is 17.9 Å². The fourth-order valence-corrected chi connectivity index (χ4v) is 1.68. The first-order valence-electron chi connectivity index (χ1n) is 5.80. The quantitative estimate of drug-likeness (QED) is 0.776. The van der Waals surface area contributed by atoms with Gasteiger partial charge in [-0.15, -0.1) is 0 Å². The van der Waals surface area contributed by atoms with E-state index in [0.29, 0.717) is 23.8 Å². The van der Waals surface area contributed by atoms with Gasteiger partial charge in [0, 0.05) is 12.0 Å². The Morgan fingerprint density at radius 3 is 2.56 bits per heavy atom. The van der Waals surface area contributed by atoms with Crippen molar-refractivity contribution < 1.29 is 13.9 Å². The van der Waals surface area contributed by atoms with Crippen LogP contribution in [0.15, 0.2) is 28.7 Å². The molecule has 2 rings (SSSR count). The van der Waals surface area contributed by atoms with Gasteiger partial charge in [0.1, 0.15) is 17.2 Å². The Hall–Kier alpha value is -2.10. The van der Waals surface area contributed by atoms with E-state index in [1.54, 1.807) is 14.0 Å². The first-order valence-corrected chi connectivity index (χ1v) is 5.80. The molecule has 94 valence electrons. The topological polar surface area (TPSA) is 52.3 Å². The molecule has 4 nitrogen and oxygen atoms in total. The standard InChI is InChI=1S/C14H15NO3/c1-4-12(16)13-9(2)18-14(15-13)10-5-7-11(17-3)8-6-10/h5-8H,4H2,1-3H3. The van der Waals surface area contributed by atoms with Crippen molar-refractivity contribution in [1.82, 2.24) is 4.98 Å². The summed E-state index contributed by atoms with van der Waals surface area (Å²) >= 11 is 0. The minimum atomic E-state index is -0.00369. The van der Waals surface area contributed by atoms with E-state index in [0.717, 1.165) is 11.3 Å². The number of ketones is 1. The summed E-state index contributed by atoms with van der Waals surface area (Å²) < 4.78 is 10.6. The lowest BCUT2D eigenvalue weighted by Gasteiger charge is -1.99. The number of aryl methyl sites for hydroxylation is 1. The minimum absolute atomic E-state index is 0.00369. The Morgan fingerprint density at radius 2 is 2.00 bits per heavy atom. The molecule has 1 aromatic carbocycles. The maximum Gasteiger partial charge on any atom is 0.226 e. The highest BCUT2D eigenvalue weighted by atomic mass is 16.5. The molecule has 0 saturated heterocycles. The van der Waals surface area contributed by atoms with E-state index in [-0.39, 0.29) is 5.78 Å². The summed E-state index contributed by atoms with van der Waals surface area (Å²) in [5.74, 6) is 1.79. The molecule has 1 heterocycles. The average molecular weight is 245 g/mol. The third-order valence-electron chi connectivity index (χ3n) is 2.72. The predicted molar refractivity (Wildman–Crippen MR) is 67.8 cm³/mol. The van der Waals surface area contributed by atoms with Gasteiger partial charge in [0.2, 0.25) is 5.89 Å². The lowest BCUT2D eigenvalue weighted by molar-refractivity contribution is 0.0982. The molecule has 0 amide bonds. The van der Waals surface area contributed by atoms with Crippen LogP contribution in [-0.2, 0) is 0 Å². The minimum Gasteiger partial charge on any atom is -0.497 e. The van der Waals surface area contributed by atoms with Gasteiger partial charge < -0.3 is 9.15 Å². The summed E-state index contributed by atoms with van der Waals surface area (Å²) in [4.78, 5) is 15.9. The summed E-state index contributed by atoms with van der Waals surface area (Å²) in [5, 5.41) is 0. The number of nitrogens with zero attached hydrogens (tertiary/aromatic N) is 1. The molecule has 1 aromatic heterocycles. The molecule has 18 heavy (non-hydrogen) atoms. The molecule has 0 radical (unpaired) electrons. The van der Waals surface area contributed by atoms with Crippen LogP contribution in [0.2, 0.25) is 0 Å². The molecule has 0 spiro atoms. The van der Waals surface area contributed by atoms with Gasteiger partial charge in [0.15, 0.2) is 5.78 Å². The maximum absolute atomic E-state index is 11.6. The SMILES string of the molecule is CCC(=O)c1nc(-c2ccc(OC)cc2)oc1C. The van der Waals surface area contributed by atoms with Crippen molar-refractivity contribution in [3.63, 3.8) is 0 Å². The molecule has 0 aliphatic heterocycles. The molecule has 0 N–H and O–H groups in total. The molecule has 0 saturated carbocycles. The summed E-state index contributed by atoms with van der Waals surface area (Å²) in [6, 6.07) is 7.36. The van der Waals surface area contributed by atoms with Crippen LogP contribution >= 0.6 is 0 Å². The number of hydrogen-bond acceptors (Lipinski definition) is 4. The van der Waals surface area contributed by atoms with Crippen LogP contribution in [0.3, 0.4) is 0 Å². The lowest BCUT2D eigenvalue weighted by atomic mass is 10.2. The lowest BCUT2D eigenvalue weighted by Crippen LogP contribution is -1.98. The molecule has 4 heteroatoms. The number of oxazole rings is 1. The van der Waals surface area contributed by atoms with Crippen LogP contribution < -0.4 is 4.74 Å². The Balaban J connectivity index is 2.36. The monoisotopic (exact) mass is 245 g/mol. The van der Waals surface area contributed by atoms with Gasteiger partial charge in [-0.25, -0.2) is 4.98 Å². The Morgan fingerprint density at radius 1 is 1.33 bits per heavy atom. The second-order valence-electron chi connectivity index (χ2n) is 3.93. The highest BCUT2D eigenvalue weighted by molar-refractivity contribution is 5.95. The first-order chi connectivity index (χ1) is 8.65. The highest BCUT2D eigenvalue weighted by Gasteiger charge is 2.16. The predicted octanol–water partition coefficient (Wildman–Crippen LogP) is 3.25. The molecule has 0 aliphatic rings. The third kappa shape index (κ3) is 2.27. The van der Waals surface area contributed by atoms with Crippen molar-refractivity contribution in [2.45, 2.75) is 20.3 Å². The Bertz CT molecular complexity index is 555. The summed E-state index contributed by atoms with van der Waals surface area (Å²) in [5.41, 5.74) is 1.25. The summed E-state index contributed by atoms with van der Waals surface area (Å²) in [7, 11) is 1.61. The third-order valence-corrected chi connectivity index (χ3v) is 2.72. The number of aromatic nitrogens is 1. The van der Waals surface area contributed by atoms with E-state index in [1.165, 1.54) is 0 Å². The average Bonchev–Trinajstić information content (AvgIpc) is 2.80. The molecule has 0 fully saturated rings. The van der Waals surface area contributed by atoms with Crippen LogP contribution in [0.4, 0.5) is 0 Å². The highest BCUT2D eigenvalue weighted by Crippen LogP contribution is 2.24. The largest absolute Gasteiger partial charge is 0.497 e. The van der Waals surface area contributed by atoms with Gasteiger partial charge in [-0.05, 0) is 31.2 Å². The van der Waals surface area contributed by atoms with Crippen molar-refractivity contribution in [2.24, 2.45) is 0 Å². The van der Waals surface area contributed by atoms with Gasteiger partial charge in [-0.3, -0.25) is 4.79 Å². The fraction of sp³-hybridized carbons (Fsp3) is 0.286. The van der Waals surface area contributed by atoms with Crippen molar-refractivity contribution >= 4 is 5.78 Å². The number of benzene rings is 1. The summed E-state index contributed by atoms with van der Waals surface area (Å²) in [6.45, 7) is 3.56. The van der Waals surface area contributed by atoms with Crippen LogP contribution in [0.25, 0.3) is 11.5 Å². The normalized spacial score (nSPS) is 10.4. The van der Waals surface area contributed by atoms with Gasteiger partial charge in [0.05, 0.1) is 7.11 Å². The number of ether oxygens (including phenoxy) is 1. The number of rotatable bonds is 4. The van der Waals surface area contributed by atoms with Crippen LogP contribution in [0, 0.1) is 6.92 Å². The molecular weight excluding hydrogens is 230 g/mol. The zero-order valence-electron chi connectivity index (χ0n) is 10.7. The number of methoxy groups -OCH3 is 1. The molecule has 0 aliphatic carbocycles. The van der Waals surface area contributed by atoms with Crippen molar-refractivity contribution in [3.8, 4) is 17.2 Å². The second-order valence-corrected chi connectivity index (χ2v) is 3.93. The van der Waals surface area contributed by atoms with Crippen LogP contribution in [0.5, 0.6) is 5.75 Å². The van der Waals surface area contributed by atoms with E-state index >= 15 is 0 Å². The number of Topliss-reactive ketones (excluding diaryl/α,β-unsaturated/α-hetero) is 1. The molecule has 2 aromatic rings. The molecule has 0 atom stereocenters. The van der Waals surface area contributed by atoms with E-state index in [4.69, 9.17) is 9.15 Å². The molecule has 0 unspecified atom stereocenters. The smallest absolute Gasteiger partial charge is 0.226 e. The molecular formula is C14H15NO3. The van der Waals surface area contributed by atoms with Crippen molar-refractivity contribution in [2.75, 3.05) is 7.11 Å². The second kappa shape index (κ2) is 5.04. The van der Waals surface area contributed by atoms with Gasteiger partial charge in [-0.2, -0.15) is 0 Å². The van der Waals surface area contributed by atoms with Crippen molar-refractivity contribution in [1.29, 1.82) is 0 Å². The van der Waals surface area contributed by atoms with Gasteiger partial charge >= 0.3 is 0 Å². The number of hydrogen-bond donors (Lipinski definition) is 0. The van der Waals surface area contributed by atoms with E-state index in [9.17, 15) is 4.79 Å².